The third-order valence-electron chi connectivity index (χ3n) is 2.75. The minimum Gasteiger partial charge on any atom is -0.348 e. The summed E-state index contributed by atoms with van der Waals surface area (Å²) in [6.45, 7) is 6.40. The van der Waals surface area contributed by atoms with Crippen molar-refractivity contribution in [3.8, 4) is 0 Å². The number of ether oxygens (including phenoxy) is 2. The summed E-state index contributed by atoms with van der Waals surface area (Å²) in [5.74, 6) is -0.393. The summed E-state index contributed by atoms with van der Waals surface area (Å²) in [6.07, 6.45) is 2.70. The van der Waals surface area contributed by atoms with Crippen molar-refractivity contribution in [1.29, 1.82) is 0 Å². The maximum Gasteiger partial charge on any atom is 0.166 e. The fourth-order valence-corrected chi connectivity index (χ4v) is 2.42. The van der Waals surface area contributed by atoms with Crippen LogP contribution in [0, 0.1) is 0 Å². The first-order valence-corrected chi connectivity index (χ1v) is 6.48. The van der Waals surface area contributed by atoms with Crippen molar-refractivity contribution in [2.24, 2.45) is 0 Å². The molecule has 90 valence electrons. The van der Waals surface area contributed by atoms with E-state index in [4.69, 9.17) is 9.47 Å². The molecule has 2 heterocycles. The lowest BCUT2D eigenvalue weighted by molar-refractivity contribution is -0.145. The fourth-order valence-electron chi connectivity index (χ4n) is 1.75. The average Bonchev–Trinajstić information content (AvgIpc) is 2.88. The van der Waals surface area contributed by atoms with E-state index in [1.165, 1.54) is 0 Å². The van der Waals surface area contributed by atoms with Gasteiger partial charge in [-0.05, 0) is 13.8 Å². The molecule has 1 fully saturated rings. The summed E-state index contributed by atoms with van der Waals surface area (Å²) in [4.78, 5) is 4.28. The summed E-state index contributed by atoms with van der Waals surface area (Å²) in [5, 5.41) is 6.55. The Morgan fingerprint density at radius 3 is 2.94 bits per heavy atom. The maximum atomic E-state index is 5.54. The summed E-state index contributed by atoms with van der Waals surface area (Å²) < 4.78 is 11.1. The van der Waals surface area contributed by atoms with Crippen molar-refractivity contribution < 1.29 is 9.47 Å². The number of rotatable bonds is 5. The number of nitrogens with one attached hydrogen (secondary N) is 1. The third-order valence-corrected chi connectivity index (χ3v) is 3.71. The zero-order valence-corrected chi connectivity index (χ0v) is 10.5. The molecule has 0 radical (unpaired) electrons. The summed E-state index contributed by atoms with van der Waals surface area (Å²) in [7, 11) is 0. The number of nitrogens with zero attached hydrogens (tertiary/aromatic N) is 1. The predicted molar refractivity (Wildman–Crippen MR) is 63.5 cm³/mol. The lowest BCUT2D eigenvalue weighted by Gasteiger charge is -2.23. The van der Waals surface area contributed by atoms with Gasteiger partial charge in [0.25, 0.3) is 0 Å². The van der Waals surface area contributed by atoms with Crippen LogP contribution in [0.1, 0.15) is 31.3 Å². The molecule has 0 aliphatic carbocycles. The quantitative estimate of drug-likeness (QED) is 0.857. The third kappa shape index (κ3) is 3.01. The number of hydrogen-bond donors (Lipinski definition) is 1. The standard InChI is InChI=1S/C11H18N2O2S/c1-9(10-13-5-8-16-10)12-4-3-11(2)14-6-7-15-11/h5,8-9,12H,3-4,6-7H2,1-2H3. The van der Waals surface area contributed by atoms with Crippen LogP contribution >= 0.6 is 11.3 Å². The highest BCUT2D eigenvalue weighted by Crippen LogP contribution is 2.22. The highest BCUT2D eigenvalue weighted by molar-refractivity contribution is 7.09. The Kier molecular flexibility index (Phi) is 3.91. The van der Waals surface area contributed by atoms with Gasteiger partial charge >= 0.3 is 0 Å². The fraction of sp³-hybridized carbons (Fsp3) is 0.727. The minimum absolute atomic E-state index is 0.296. The van der Waals surface area contributed by atoms with Crippen LogP contribution in [0.4, 0.5) is 0 Å². The van der Waals surface area contributed by atoms with Crippen molar-refractivity contribution in [2.75, 3.05) is 19.8 Å². The second-order valence-corrected chi connectivity index (χ2v) is 5.05. The van der Waals surface area contributed by atoms with E-state index in [2.05, 4.69) is 17.2 Å². The Morgan fingerprint density at radius 1 is 1.56 bits per heavy atom. The van der Waals surface area contributed by atoms with Gasteiger partial charge in [0.15, 0.2) is 5.79 Å². The zero-order valence-electron chi connectivity index (χ0n) is 9.73. The molecule has 1 aliphatic heterocycles. The predicted octanol–water partition coefficient (Wildman–Crippen LogP) is 1.95. The molecular formula is C11H18N2O2S. The second-order valence-electron chi connectivity index (χ2n) is 4.13. The molecular weight excluding hydrogens is 224 g/mol. The van der Waals surface area contributed by atoms with Gasteiger partial charge in [0, 0.05) is 24.5 Å². The van der Waals surface area contributed by atoms with Crippen LogP contribution in [-0.2, 0) is 9.47 Å². The summed E-state index contributed by atoms with van der Waals surface area (Å²) in [5.41, 5.74) is 0. The van der Waals surface area contributed by atoms with Gasteiger partial charge in [-0.15, -0.1) is 11.3 Å². The lowest BCUT2D eigenvalue weighted by Crippen LogP contribution is -2.32. The van der Waals surface area contributed by atoms with Crippen molar-refractivity contribution in [1.82, 2.24) is 10.3 Å². The minimum atomic E-state index is -0.393. The second kappa shape index (κ2) is 5.23. The summed E-state index contributed by atoms with van der Waals surface area (Å²) in [6, 6.07) is 0.296. The molecule has 0 aromatic carbocycles. The van der Waals surface area contributed by atoms with E-state index in [0.29, 0.717) is 19.3 Å². The van der Waals surface area contributed by atoms with Gasteiger partial charge in [-0.1, -0.05) is 0 Å². The molecule has 1 aromatic rings. The molecule has 1 aromatic heterocycles. The van der Waals surface area contributed by atoms with Gasteiger partial charge in [0.2, 0.25) is 0 Å². The van der Waals surface area contributed by atoms with E-state index < -0.39 is 5.79 Å². The molecule has 1 unspecified atom stereocenters. The molecule has 0 amide bonds. The molecule has 0 saturated carbocycles. The average molecular weight is 242 g/mol. The Labute approximate surface area is 100.0 Å². The van der Waals surface area contributed by atoms with E-state index in [9.17, 15) is 0 Å². The molecule has 1 atom stereocenters. The normalized spacial score (nSPS) is 21.1. The molecule has 16 heavy (non-hydrogen) atoms. The van der Waals surface area contributed by atoms with Crippen molar-refractivity contribution in [2.45, 2.75) is 32.1 Å². The van der Waals surface area contributed by atoms with Gasteiger partial charge in [0.1, 0.15) is 5.01 Å². The Bertz CT molecular complexity index is 310. The molecule has 1 N–H and O–H groups in total. The van der Waals surface area contributed by atoms with Gasteiger partial charge in [-0.2, -0.15) is 0 Å². The Balaban J connectivity index is 1.72. The van der Waals surface area contributed by atoms with Crippen molar-refractivity contribution in [3.63, 3.8) is 0 Å². The van der Waals surface area contributed by atoms with Crippen LogP contribution in [0.5, 0.6) is 0 Å². The first-order chi connectivity index (χ1) is 7.70. The van der Waals surface area contributed by atoms with Crippen LogP contribution in [-0.4, -0.2) is 30.5 Å². The van der Waals surface area contributed by atoms with E-state index in [1.54, 1.807) is 11.3 Å². The Morgan fingerprint density at radius 2 is 2.31 bits per heavy atom. The molecule has 4 nitrogen and oxygen atoms in total. The maximum absolute atomic E-state index is 5.54. The van der Waals surface area contributed by atoms with Crippen molar-refractivity contribution >= 4 is 11.3 Å². The molecule has 5 heteroatoms. The molecule has 0 spiro atoms. The topological polar surface area (TPSA) is 43.4 Å². The summed E-state index contributed by atoms with van der Waals surface area (Å²) >= 11 is 1.68. The molecule has 0 bridgehead atoms. The van der Waals surface area contributed by atoms with Gasteiger partial charge < -0.3 is 14.8 Å². The van der Waals surface area contributed by atoms with Crippen LogP contribution in [0.15, 0.2) is 11.6 Å². The van der Waals surface area contributed by atoms with E-state index in [1.807, 2.05) is 18.5 Å². The van der Waals surface area contributed by atoms with E-state index in [0.717, 1.165) is 18.0 Å². The molecule has 2 rings (SSSR count). The van der Waals surface area contributed by atoms with Crippen LogP contribution in [0.2, 0.25) is 0 Å². The van der Waals surface area contributed by atoms with E-state index >= 15 is 0 Å². The van der Waals surface area contributed by atoms with Gasteiger partial charge in [-0.3, -0.25) is 0 Å². The smallest absolute Gasteiger partial charge is 0.166 e. The SMILES string of the molecule is CC(NCCC1(C)OCCO1)c1nccs1. The zero-order chi connectivity index (χ0) is 11.4. The van der Waals surface area contributed by atoms with Gasteiger partial charge in [-0.25, -0.2) is 4.98 Å². The van der Waals surface area contributed by atoms with Crippen LogP contribution in [0.3, 0.4) is 0 Å². The largest absolute Gasteiger partial charge is 0.348 e. The van der Waals surface area contributed by atoms with E-state index in [-0.39, 0.29) is 0 Å². The number of hydrogen-bond acceptors (Lipinski definition) is 5. The van der Waals surface area contributed by atoms with Crippen molar-refractivity contribution in [3.05, 3.63) is 16.6 Å². The molecule has 1 aliphatic rings. The monoisotopic (exact) mass is 242 g/mol. The Hall–Kier alpha value is -0.490. The first-order valence-electron chi connectivity index (χ1n) is 5.60. The first kappa shape index (κ1) is 12.0. The lowest BCUT2D eigenvalue weighted by atomic mass is 10.2. The molecule has 1 saturated heterocycles. The number of thiazole rings is 1. The highest BCUT2D eigenvalue weighted by Gasteiger charge is 2.30. The van der Waals surface area contributed by atoms with Crippen LogP contribution in [0.25, 0.3) is 0 Å². The van der Waals surface area contributed by atoms with Gasteiger partial charge in [0.05, 0.1) is 19.3 Å². The highest BCUT2D eigenvalue weighted by atomic mass is 32.1. The number of aromatic nitrogens is 1. The van der Waals surface area contributed by atoms with Crippen LogP contribution < -0.4 is 5.32 Å².